The highest BCUT2D eigenvalue weighted by Crippen LogP contribution is 2.25. The molecule has 18 heavy (non-hydrogen) atoms. The Labute approximate surface area is 116 Å². The SMILES string of the molecule is CCOC(=O)C(C)(C)CC(=O)c1ccc(Br)cc1. The van der Waals surface area contributed by atoms with Crippen molar-refractivity contribution in [3.8, 4) is 0 Å². The van der Waals surface area contributed by atoms with Crippen LogP contribution < -0.4 is 0 Å². The number of esters is 1. The van der Waals surface area contributed by atoms with Crippen LogP contribution in [0.3, 0.4) is 0 Å². The van der Waals surface area contributed by atoms with Gasteiger partial charge in [-0.2, -0.15) is 0 Å². The fraction of sp³-hybridized carbons (Fsp3) is 0.429. The van der Waals surface area contributed by atoms with Crippen LogP contribution >= 0.6 is 15.9 Å². The molecule has 98 valence electrons. The molecule has 1 rings (SSSR count). The predicted molar refractivity (Wildman–Crippen MR) is 73.5 cm³/mol. The molecule has 0 aliphatic carbocycles. The summed E-state index contributed by atoms with van der Waals surface area (Å²) in [5, 5.41) is 0. The molecule has 3 nitrogen and oxygen atoms in total. The molecule has 0 bridgehead atoms. The fourth-order valence-electron chi connectivity index (χ4n) is 1.54. The number of halogens is 1. The number of benzene rings is 1. The van der Waals surface area contributed by atoms with Gasteiger partial charge in [0.15, 0.2) is 5.78 Å². The van der Waals surface area contributed by atoms with E-state index in [1.54, 1.807) is 32.9 Å². The van der Waals surface area contributed by atoms with Crippen LogP contribution in [0, 0.1) is 5.41 Å². The van der Waals surface area contributed by atoms with Crippen LogP contribution in [0.5, 0.6) is 0 Å². The van der Waals surface area contributed by atoms with Gasteiger partial charge in [-0.25, -0.2) is 0 Å². The van der Waals surface area contributed by atoms with Gasteiger partial charge in [0.05, 0.1) is 12.0 Å². The van der Waals surface area contributed by atoms with E-state index in [2.05, 4.69) is 15.9 Å². The number of ketones is 1. The van der Waals surface area contributed by atoms with Crippen molar-refractivity contribution in [3.63, 3.8) is 0 Å². The summed E-state index contributed by atoms with van der Waals surface area (Å²) in [4.78, 5) is 23.8. The van der Waals surface area contributed by atoms with E-state index in [4.69, 9.17) is 4.74 Å². The Morgan fingerprint density at radius 2 is 1.78 bits per heavy atom. The Balaban J connectivity index is 2.75. The number of hydrogen-bond donors (Lipinski definition) is 0. The van der Waals surface area contributed by atoms with Gasteiger partial charge < -0.3 is 4.74 Å². The number of Topliss-reactive ketones (excluding diaryl/α,β-unsaturated/α-hetero) is 1. The van der Waals surface area contributed by atoms with Crippen LogP contribution in [0.4, 0.5) is 0 Å². The number of hydrogen-bond acceptors (Lipinski definition) is 3. The van der Waals surface area contributed by atoms with E-state index in [1.807, 2.05) is 12.1 Å². The zero-order valence-electron chi connectivity index (χ0n) is 10.8. The van der Waals surface area contributed by atoms with Crippen molar-refractivity contribution in [3.05, 3.63) is 34.3 Å². The van der Waals surface area contributed by atoms with Gasteiger partial charge in [-0.1, -0.05) is 28.1 Å². The molecule has 0 spiro atoms. The minimum absolute atomic E-state index is 0.0550. The monoisotopic (exact) mass is 312 g/mol. The molecule has 0 aromatic heterocycles. The van der Waals surface area contributed by atoms with Gasteiger partial charge in [0.25, 0.3) is 0 Å². The average molecular weight is 313 g/mol. The molecule has 0 saturated heterocycles. The third-order valence-corrected chi connectivity index (χ3v) is 3.13. The molecule has 0 atom stereocenters. The van der Waals surface area contributed by atoms with Crippen LogP contribution in [-0.4, -0.2) is 18.4 Å². The Bertz CT molecular complexity index is 435. The van der Waals surface area contributed by atoms with Crippen LogP contribution in [0.15, 0.2) is 28.7 Å². The summed E-state index contributed by atoms with van der Waals surface area (Å²) in [6.07, 6.45) is 0.146. The molecule has 0 unspecified atom stereocenters. The summed E-state index contributed by atoms with van der Waals surface area (Å²) in [5.74, 6) is -0.393. The van der Waals surface area contributed by atoms with E-state index in [0.29, 0.717) is 12.2 Å². The van der Waals surface area contributed by atoms with Crippen molar-refractivity contribution in [2.45, 2.75) is 27.2 Å². The van der Waals surface area contributed by atoms with Crippen molar-refractivity contribution < 1.29 is 14.3 Å². The van der Waals surface area contributed by atoms with Gasteiger partial charge in [-0.05, 0) is 32.9 Å². The summed E-state index contributed by atoms with van der Waals surface area (Å²) >= 11 is 3.31. The topological polar surface area (TPSA) is 43.4 Å². The Morgan fingerprint density at radius 3 is 2.28 bits per heavy atom. The second-order valence-electron chi connectivity index (χ2n) is 4.71. The third-order valence-electron chi connectivity index (χ3n) is 2.60. The van der Waals surface area contributed by atoms with Crippen LogP contribution in [0.25, 0.3) is 0 Å². The van der Waals surface area contributed by atoms with Gasteiger partial charge in [-0.15, -0.1) is 0 Å². The highest BCUT2D eigenvalue weighted by atomic mass is 79.9. The maximum Gasteiger partial charge on any atom is 0.311 e. The second-order valence-corrected chi connectivity index (χ2v) is 5.63. The standard InChI is InChI=1S/C14H17BrO3/c1-4-18-13(17)14(2,3)9-12(16)10-5-7-11(15)8-6-10/h5-8H,4,9H2,1-3H3. The van der Waals surface area contributed by atoms with Crippen molar-refractivity contribution in [2.75, 3.05) is 6.61 Å². The molecule has 0 amide bonds. The lowest BCUT2D eigenvalue weighted by Gasteiger charge is -2.21. The number of rotatable bonds is 5. The Morgan fingerprint density at radius 1 is 1.22 bits per heavy atom. The minimum Gasteiger partial charge on any atom is -0.466 e. The highest BCUT2D eigenvalue weighted by molar-refractivity contribution is 9.10. The van der Waals surface area contributed by atoms with E-state index < -0.39 is 5.41 Å². The van der Waals surface area contributed by atoms with Gasteiger partial charge in [0.1, 0.15) is 0 Å². The predicted octanol–water partition coefficient (Wildman–Crippen LogP) is 3.61. The van der Waals surface area contributed by atoms with Crippen LogP contribution in [0.2, 0.25) is 0 Å². The fourth-order valence-corrected chi connectivity index (χ4v) is 1.80. The first-order valence-electron chi connectivity index (χ1n) is 5.83. The quantitative estimate of drug-likeness (QED) is 0.616. The van der Waals surface area contributed by atoms with E-state index >= 15 is 0 Å². The first-order valence-corrected chi connectivity index (χ1v) is 6.62. The molecule has 1 aromatic rings. The lowest BCUT2D eigenvalue weighted by Crippen LogP contribution is -2.29. The van der Waals surface area contributed by atoms with Gasteiger partial charge >= 0.3 is 5.97 Å². The average Bonchev–Trinajstić information content (AvgIpc) is 2.29. The summed E-state index contributed by atoms with van der Waals surface area (Å²) in [7, 11) is 0. The van der Waals surface area contributed by atoms with Crippen molar-refractivity contribution in [1.82, 2.24) is 0 Å². The highest BCUT2D eigenvalue weighted by Gasteiger charge is 2.32. The lowest BCUT2D eigenvalue weighted by molar-refractivity contribution is -0.153. The van der Waals surface area contributed by atoms with E-state index in [-0.39, 0.29) is 18.2 Å². The van der Waals surface area contributed by atoms with Crippen LogP contribution in [-0.2, 0) is 9.53 Å². The molecule has 0 saturated carbocycles. The summed E-state index contributed by atoms with van der Waals surface area (Å²) in [6.45, 7) is 5.53. The lowest BCUT2D eigenvalue weighted by atomic mass is 9.85. The molecule has 0 heterocycles. The van der Waals surface area contributed by atoms with E-state index in [9.17, 15) is 9.59 Å². The van der Waals surface area contributed by atoms with Gasteiger partial charge in [0, 0.05) is 16.5 Å². The minimum atomic E-state index is -0.792. The summed E-state index contributed by atoms with van der Waals surface area (Å²) in [5.41, 5.74) is -0.184. The largest absolute Gasteiger partial charge is 0.466 e. The van der Waals surface area contributed by atoms with Crippen molar-refractivity contribution >= 4 is 27.7 Å². The molecule has 0 fully saturated rings. The maximum atomic E-state index is 12.1. The van der Waals surface area contributed by atoms with E-state index in [0.717, 1.165) is 4.47 Å². The summed E-state index contributed by atoms with van der Waals surface area (Å²) < 4.78 is 5.88. The second kappa shape index (κ2) is 6.14. The Kier molecular flexibility index (Phi) is 5.08. The Hall–Kier alpha value is -1.16. The first-order chi connectivity index (χ1) is 8.36. The third kappa shape index (κ3) is 3.95. The molecule has 1 aromatic carbocycles. The van der Waals surface area contributed by atoms with E-state index in [1.165, 1.54) is 0 Å². The zero-order chi connectivity index (χ0) is 13.8. The van der Waals surface area contributed by atoms with Crippen LogP contribution in [0.1, 0.15) is 37.6 Å². The summed E-state index contributed by atoms with van der Waals surface area (Å²) in [6, 6.07) is 7.11. The van der Waals surface area contributed by atoms with Crippen molar-refractivity contribution in [2.24, 2.45) is 5.41 Å². The smallest absolute Gasteiger partial charge is 0.311 e. The number of ether oxygens (including phenoxy) is 1. The molecule has 0 radical (unpaired) electrons. The maximum absolute atomic E-state index is 12.1. The molecular formula is C14H17BrO3. The molecule has 0 N–H and O–H groups in total. The van der Waals surface area contributed by atoms with Crippen molar-refractivity contribution in [1.29, 1.82) is 0 Å². The molecule has 4 heteroatoms. The zero-order valence-corrected chi connectivity index (χ0v) is 12.4. The molecule has 0 aliphatic rings. The van der Waals surface area contributed by atoms with Gasteiger partial charge in [0.2, 0.25) is 0 Å². The number of carbonyl (C=O) groups is 2. The first kappa shape index (κ1) is 14.9. The molecular weight excluding hydrogens is 296 g/mol. The van der Waals surface area contributed by atoms with Gasteiger partial charge in [-0.3, -0.25) is 9.59 Å². The normalized spacial score (nSPS) is 11.1. The molecule has 0 aliphatic heterocycles. The number of carbonyl (C=O) groups excluding carboxylic acids is 2.